The first-order chi connectivity index (χ1) is 7.65. The number of methoxy groups -OCH3 is 2. The Morgan fingerprint density at radius 3 is 2.31 bits per heavy atom. The highest BCUT2D eigenvalue weighted by Crippen LogP contribution is 2.40. The Morgan fingerprint density at radius 1 is 1.19 bits per heavy atom. The second-order valence-electron chi connectivity index (χ2n) is 3.17. The molecule has 1 aromatic carbocycles. The van der Waals surface area contributed by atoms with Crippen molar-refractivity contribution in [2.45, 2.75) is 13.8 Å². The van der Waals surface area contributed by atoms with E-state index in [1.54, 1.807) is 19.2 Å². The molecule has 0 aromatic heterocycles. The van der Waals surface area contributed by atoms with Gasteiger partial charge < -0.3 is 14.2 Å². The summed E-state index contributed by atoms with van der Waals surface area (Å²) in [5, 5.41) is 0. The zero-order valence-electron chi connectivity index (χ0n) is 9.99. The fourth-order valence-electron chi connectivity index (χ4n) is 1.46. The first-order valence-electron chi connectivity index (χ1n) is 5.04. The van der Waals surface area contributed by atoms with Crippen molar-refractivity contribution in [3.05, 3.63) is 17.7 Å². The van der Waals surface area contributed by atoms with E-state index in [9.17, 15) is 4.79 Å². The van der Waals surface area contributed by atoms with Crippen molar-refractivity contribution in [1.82, 2.24) is 0 Å². The van der Waals surface area contributed by atoms with E-state index in [1.807, 2.05) is 6.92 Å². The lowest BCUT2D eigenvalue weighted by Gasteiger charge is -2.15. The van der Waals surface area contributed by atoms with Gasteiger partial charge in [0.1, 0.15) is 0 Å². The van der Waals surface area contributed by atoms with Crippen LogP contribution in [-0.2, 0) is 0 Å². The van der Waals surface area contributed by atoms with Crippen molar-refractivity contribution in [2.75, 3.05) is 20.8 Å². The Kier molecular flexibility index (Phi) is 4.17. The minimum absolute atomic E-state index is 0.0654. The van der Waals surface area contributed by atoms with E-state index in [0.29, 0.717) is 29.4 Å². The number of carbonyl (C=O) groups is 1. The van der Waals surface area contributed by atoms with Gasteiger partial charge in [0.25, 0.3) is 0 Å². The fraction of sp³-hybridized carbons (Fsp3) is 0.417. The Bertz CT molecular complexity index is 385. The molecule has 0 saturated heterocycles. The predicted octanol–water partition coefficient (Wildman–Crippen LogP) is 2.31. The molecule has 0 aliphatic rings. The summed E-state index contributed by atoms with van der Waals surface area (Å²) >= 11 is 0. The van der Waals surface area contributed by atoms with Gasteiger partial charge in [0.15, 0.2) is 17.3 Å². The molecular weight excluding hydrogens is 208 g/mol. The molecule has 0 radical (unpaired) electrons. The third kappa shape index (κ3) is 2.27. The summed E-state index contributed by atoms with van der Waals surface area (Å²) in [5.41, 5.74) is 0.500. The van der Waals surface area contributed by atoms with E-state index in [-0.39, 0.29) is 5.78 Å². The standard InChI is InChI=1S/C12H16O4/c1-5-16-11-9(8(2)13)6-7-10(14-3)12(11)15-4/h6-7H,5H2,1-4H3. The van der Waals surface area contributed by atoms with Crippen LogP contribution in [0.1, 0.15) is 24.2 Å². The zero-order chi connectivity index (χ0) is 12.1. The number of ether oxygens (including phenoxy) is 3. The lowest BCUT2D eigenvalue weighted by molar-refractivity contribution is 0.101. The van der Waals surface area contributed by atoms with Gasteiger partial charge in [0.2, 0.25) is 5.75 Å². The topological polar surface area (TPSA) is 44.8 Å². The quantitative estimate of drug-likeness (QED) is 0.720. The highest BCUT2D eigenvalue weighted by molar-refractivity contribution is 5.98. The first kappa shape index (κ1) is 12.4. The molecule has 0 aliphatic carbocycles. The predicted molar refractivity (Wildman–Crippen MR) is 60.7 cm³/mol. The molecule has 0 bridgehead atoms. The van der Waals surface area contributed by atoms with Crippen LogP contribution in [0.2, 0.25) is 0 Å². The Hall–Kier alpha value is -1.71. The van der Waals surface area contributed by atoms with Gasteiger partial charge in [0, 0.05) is 0 Å². The molecule has 4 heteroatoms. The summed E-state index contributed by atoms with van der Waals surface area (Å²) in [6, 6.07) is 3.37. The molecule has 0 unspecified atom stereocenters. The lowest BCUT2D eigenvalue weighted by atomic mass is 10.1. The van der Waals surface area contributed by atoms with Gasteiger partial charge in [-0.25, -0.2) is 0 Å². The van der Waals surface area contributed by atoms with E-state index in [0.717, 1.165) is 0 Å². The largest absolute Gasteiger partial charge is 0.493 e. The number of rotatable bonds is 5. The van der Waals surface area contributed by atoms with E-state index in [1.165, 1.54) is 14.0 Å². The highest BCUT2D eigenvalue weighted by Gasteiger charge is 2.18. The van der Waals surface area contributed by atoms with Gasteiger partial charge in [-0.2, -0.15) is 0 Å². The molecule has 0 N–H and O–H groups in total. The van der Waals surface area contributed by atoms with E-state index in [2.05, 4.69) is 0 Å². The van der Waals surface area contributed by atoms with Crippen molar-refractivity contribution >= 4 is 5.78 Å². The lowest BCUT2D eigenvalue weighted by Crippen LogP contribution is -2.04. The number of carbonyl (C=O) groups excluding carboxylic acids is 1. The minimum atomic E-state index is -0.0654. The Morgan fingerprint density at radius 2 is 1.88 bits per heavy atom. The molecule has 88 valence electrons. The van der Waals surface area contributed by atoms with Crippen molar-refractivity contribution in [3.8, 4) is 17.2 Å². The molecule has 1 aromatic rings. The molecule has 0 amide bonds. The normalized spacial score (nSPS) is 9.75. The summed E-state index contributed by atoms with van der Waals surface area (Å²) in [5.74, 6) is 1.38. The van der Waals surface area contributed by atoms with Gasteiger partial charge in [-0.05, 0) is 26.0 Å². The smallest absolute Gasteiger partial charge is 0.204 e. The summed E-state index contributed by atoms with van der Waals surface area (Å²) in [6.45, 7) is 3.80. The second kappa shape index (κ2) is 5.39. The summed E-state index contributed by atoms with van der Waals surface area (Å²) < 4.78 is 15.8. The SMILES string of the molecule is CCOc1c(C(C)=O)ccc(OC)c1OC. The van der Waals surface area contributed by atoms with Crippen LogP contribution >= 0.6 is 0 Å². The molecule has 0 heterocycles. The van der Waals surface area contributed by atoms with Gasteiger partial charge in [-0.1, -0.05) is 0 Å². The summed E-state index contributed by atoms with van der Waals surface area (Å²) in [7, 11) is 3.06. The molecule has 16 heavy (non-hydrogen) atoms. The maximum Gasteiger partial charge on any atom is 0.204 e. The fourth-order valence-corrected chi connectivity index (χ4v) is 1.46. The van der Waals surface area contributed by atoms with E-state index < -0.39 is 0 Å². The number of hydrogen-bond donors (Lipinski definition) is 0. The van der Waals surface area contributed by atoms with Gasteiger partial charge in [0.05, 0.1) is 26.4 Å². The van der Waals surface area contributed by atoms with Crippen LogP contribution in [0.15, 0.2) is 12.1 Å². The molecule has 4 nitrogen and oxygen atoms in total. The van der Waals surface area contributed by atoms with Crippen molar-refractivity contribution in [1.29, 1.82) is 0 Å². The number of hydrogen-bond acceptors (Lipinski definition) is 4. The van der Waals surface area contributed by atoms with Gasteiger partial charge in [-0.15, -0.1) is 0 Å². The van der Waals surface area contributed by atoms with Crippen molar-refractivity contribution < 1.29 is 19.0 Å². The third-order valence-corrected chi connectivity index (χ3v) is 2.17. The maximum absolute atomic E-state index is 11.4. The third-order valence-electron chi connectivity index (χ3n) is 2.17. The van der Waals surface area contributed by atoms with Crippen molar-refractivity contribution in [2.24, 2.45) is 0 Å². The van der Waals surface area contributed by atoms with Crippen LogP contribution in [0.25, 0.3) is 0 Å². The van der Waals surface area contributed by atoms with E-state index >= 15 is 0 Å². The van der Waals surface area contributed by atoms with Crippen LogP contribution in [0, 0.1) is 0 Å². The summed E-state index contributed by atoms with van der Waals surface area (Å²) in [4.78, 5) is 11.4. The van der Waals surface area contributed by atoms with Crippen LogP contribution in [-0.4, -0.2) is 26.6 Å². The average molecular weight is 224 g/mol. The maximum atomic E-state index is 11.4. The second-order valence-corrected chi connectivity index (χ2v) is 3.17. The number of Topliss-reactive ketones (excluding diaryl/α,β-unsaturated/α-hetero) is 1. The number of benzene rings is 1. The highest BCUT2D eigenvalue weighted by atomic mass is 16.5. The van der Waals surface area contributed by atoms with Crippen LogP contribution in [0.3, 0.4) is 0 Å². The zero-order valence-corrected chi connectivity index (χ0v) is 9.99. The van der Waals surface area contributed by atoms with Gasteiger partial charge in [-0.3, -0.25) is 4.79 Å². The molecule has 0 aliphatic heterocycles. The number of ketones is 1. The minimum Gasteiger partial charge on any atom is -0.493 e. The molecule has 0 atom stereocenters. The van der Waals surface area contributed by atoms with E-state index in [4.69, 9.17) is 14.2 Å². The average Bonchev–Trinajstić information content (AvgIpc) is 2.28. The van der Waals surface area contributed by atoms with Gasteiger partial charge >= 0.3 is 0 Å². The van der Waals surface area contributed by atoms with Crippen LogP contribution < -0.4 is 14.2 Å². The summed E-state index contributed by atoms with van der Waals surface area (Å²) in [6.07, 6.45) is 0. The molecule has 0 fully saturated rings. The van der Waals surface area contributed by atoms with Crippen molar-refractivity contribution in [3.63, 3.8) is 0 Å². The molecular formula is C12H16O4. The Labute approximate surface area is 95.1 Å². The Balaban J connectivity index is 3.37. The monoisotopic (exact) mass is 224 g/mol. The van der Waals surface area contributed by atoms with Crippen LogP contribution in [0.4, 0.5) is 0 Å². The molecule has 0 saturated carbocycles. The molecule has 0 spiro atoms. The first-order valence-corrected chi connectivity index (χ1v) is 5.04. The molecule has 1 rings (SSSR count). The van der Waals surface area contributed by atoms with Crippen LogP contribution in [0.5, 0.6) is 17.2 Å².